The number of hydrogen-bond acceptors (Lipinski definition) is 3. The molecule has 0 N–H and O–H groups in total. The van der Waals surface area contributed by atoms with Crippen LogP contribution in [0.4, 0.5) is 0 Å². The second-order valence-electron chi connectivity index (χ2n) is 5.25. The van der Waals surface area contributed by atoms with E-state index >= 15 is 0 Å². The average molecular weight is 249 g/mol. The molecule has 1 saturated heterocycles. The van der Waals surface area contributed by atoms with Crippen LogP contribution in [0.1, 0.15) is 25.3 Å². The van der Waals surface area contributed by atoms with Gasteiger partial charge in [-0.25, -0.2) is 0 Å². The van der Waals surface area contributed by atoms with Crippen molar-refractivity contribution in [2.24, 2.45) is 0 Å². The fourth-order valence-electron chi connectivity index (χ4n) is 1.93. The van der Waals surface area contributed by atoms with Crippen LogP contribution in [0.5, 0.6) is 5.75 Å². The van der Waals surface area contributed by atoms with E-state index in [4.69, 9.17) is 9.47 Å². The molecule has 1 heterocycles. The zero-order valence-electron chi connectivity index (χ0n) is 11.6. The van der Waals surface area contributed by atoms with Crippen molar-refractivity contribution >= 4 is 0 Å². The Morgan fingerprint density at radius 2 is 2.17 bits per heavy atom. The van der Waals surface area contributed by atoms with Gasteiger partial charge in [0.05, 0.1) is 19.3 Å². The van der Waals surface area contributed by atoms with Crippen LogP contribution in [0, 0.1) is 0 Å². The highest BCUT2D eigenvalue weighted by molar-refractivity contribution is 5.30. The summed E-state index contributed by atoms with van der Waals surface area (Å²) in [7, 11) is 2.13. The zero-order valence-corrected chi connectivity index (χ0v) is 11.6. The number of hydrogen-bond donors (Lipinski definition) is 0. The van der Waals surface area contributed by atoms with E-state index in [0.29, 0.717) is 12.0 Å². The first-order valence-electron chi connectivity index (χ1n) is 6.67. The Morgan fingerprint density at radius 1 is 1.39 bits per heavy atom. The summed E-state index contributed by atoms with van der Waals surface area (Å²) in [6, 6.07) is 8.95. The van der Waals surface area contributed by atoms with Gasteiger partial charge in [-0.2, -0.15) is 0 Å². The Hall–Kier alpha value is -1.06. The first-order valence-corrected chi connectivity index (χ1v) is 6.67. The summed E-state index contributed by atoms with van der Waals surface area (Å²) in [5.41, 5.74) is 1.33. The van der Waals surface area contributed by atoms with Crippen molar-refractivity contribution in [2.45, 2.75) is 25.8 Å². The third-order valence-electron chi connectivity index (χ3n) is 3.48. The van der Waals surface area contributed by atoms with E-state index in [2.05, 4.69) is 44.0 Å². The van der Waals surface area contributed by atoms with Crippen molar-refractivity contribution in [1.29, 1.82) is 0 Å². The van der Waals surface area contributed by atoms with Crippen LogP contribution in [0.2, 0.25) is 0 Å². The van der Waals surface area contributed by atoms with E-state index < -0.39 is 0 Å². The maximum absolute atomic E-state index is 5.80. The lowest BCUT2D eigenvalue weighted by Gasteiger charge is -2.34. The summed E-state index contributed by atoms with van der Waals surface area (Å²) < 4.78 is 11.0. The molecule has 0 spiro atoms. The molecule has 2 rings (SSSR count). The first kappa shape index (κ1) is 13.4. The molecule has 18 heavy (non-hydrogen) atoms. The molecule has 0 amide bonds. The van der Waals surface area contributed by atoms with Gasteiger partial charge in [-0.3, -0.25) is 4.90 Å². The average Bonchev–Trinajstić information content (AvgIpc) is 2.27. The van der Waals surface area contributed by atoms with E-state index in [0.717, 1.165) is 32.1 Å². The minimum Gasteiger partial charge on any atom is -0.492 e. The smallest absolute Gasteiger partial charge is 0.119 e. The van der Waals surface area contributed by atoms with Crippen molar-refractivity contribution in [3.8, 4) is 5.75 Å². The SMILES string of the molecule is CC(C)c1cccc(OCCN(C)C2COC2)c1. The van der Waals surface area contributed by atoms with E-state index in [1.165, 1.54) is 5.56 Å². The fraction of sp³-hybridized carbons (Fsp3) is 0.600. The Kier molecular flexibility index (Phi) is 4.61. The fourth-order valence-corrected chi connectivity index (χ4v) is 1.93. The molecule has 1 aromatic rings. The Labute approximate surface area is 110 Å². The molecule has 0 atom stereocenters. The van der Waals surface area contributed by atoms with Gasteiger partial charge in [0, 0.05) is 6.54 Å². The van der Waals surface area contributed by atoms with Crippen LogP contribution in [-0.4, -0.2) is 44.4 Å². The quantitative estimate of drug-likeness (QED) is 0.773. The lowest BCUT2D eigenvalue weighted by Crippen LogP contribution is -2.48. The van der Waals surface area contributed by atoms with Gasteiger partial charge in [0.2, 0.25) is 0 Å². The zero-order chi connectivity index (χ0) is 13.0. The molecular formula is C15H23NO2. The normalized spacial score (nSPS) is 16.1. The van der Waals surface area contributed by atoms with Crippen LogP contribution in [0.3, 0.4) is 0 Å². The first-order chi connectivity index (χ1) is 8.66. The summed E-state index contributed by atoms with van der Waals surface area (Å²) >= 11 is 0. The van der Waals surface area contributed by atoms with Crippen LogP contribution < -0.4 is 4.74 Å². The lowest BCUT2D eigenvalue weighted by atomic mass is 10.0. The maximum atomic E-state index is 5.80. The van der Waals surface area contributed by atoms with E-state index in [-0.39, 0.29) is 0 Å². The molecule has 3 heteroatoms. The molecule has 1 aliphatic rings. The van der Waals surface area contributed by atoms with Gasteiger partial charge in [0.1, 0.15) is 12.4 Å². The monoisotopic (exact) mass is 249 g/mol. The van der Waals surface area contributed by atoms with Gasteiger partial charge in [-0.1, -0.05) is 26.0 Å². The summed E-state index contributed by atoms with van der Waals surface area (Å²) in [6.45, 7) is 7.79. The van der Waals surface area contributed by atoms with Crippen molar-refractivity contribution in [3.63, 3.8) is 0 Å². The van der Waals surface area contributed by atoms with Gasteiger partial charge in [-0.15, -0.1) is 0 Å². The van der Waals surface area contributed by atoms with Gasteiger partial charge in [-0.05, 0) is 30.7 Å². The summed E-state index contributed by atoms with van der Waals surface area (Å²) in [5.74, 6) is 1.52. The maximum Gasteiger partial charge on any atom is 0.119 e. The van der Waals surface area contributed by atoms with Crippen molar-refractivity contribution in [3.05, 3.63) is 29.8 Å². The molecule has 1 fully saturated rings. The summed E-state index contributed by atoms with van der Waals surface area (Å²) in [5, 5.41) is 0. The van der Waals surface area contributed by atoms with E-state index in [9.17, 15) is 0 Å². The second-order valence-corrected chi connectivity index (χ2v) is 5.25. The molecule has 1 aromatic carbocycles. The number of rotatable bonds is 6. The Balaban J connectivity index is 1.77. The minimum atomic E-state index is 0.545. The molecule has 1 aliphatic heterocycles. The predicted molar refractivity (Wildman–Crippen MR) is 73.3 cm³/mol. The van der Waals surface area contributed by atoms with Crippen LogP contribution in [0.15, 0.2) is 24.3 Å². The standard InChI is InChI=1S/C15H23NO2/c1-12(2)13-5-4-6-15(9-13)18-8-7-16(3)14-10-17-11-14/h4-6,9,12,14H,7-8,10-11H2,1-3H3. The number of benzene rings is 1. The second kappa shape index (κ2) is 6.21. The highest BCUT2D eigenvalue weighted by atomic mass is 16.5. The molecule has 0 aromatic heterocycles. The van der Waals surface area contributed by atoms with Gasteiger partial charge < -0.3 is 9.47 Å². The lowest BCUT2D eigenvalue weighted by molar-refractivity contribution is -0.0582. The Bertz CT molecular complexity index is 375. The van der Waals surface area contributed by atoms with Crippen LogP contribution in [0.25, 0.3) is 0 Å². The molecule has 0 aliphatic carbocycles. The Morgan fingerprint density at radius 3 is 2.78 bits per heavy atom. The molecule has 0 saturated carbocycles. The van der Waals surface area contributed by atoms with Gasteiger partial charge >= 0.3 is 0 Å². The third kappa shape index (κ3) is 3.47. The molecule has 100 valence electrons. The number of nitrogens with zero attached hydrogens (tertiary/aromatic N) is 1. The molecule has 3 nitrogen and oxygen atoms in total. The van der Waals surface area contributed by atoms with E-state index in [1.807, 2.05) is 6.07 Å². The summed E-state index contributed by atoms with van der Waals surface area (Å²) in [6.07, 6.45) is 0. The van der Waals surface area contributed by atoms with Gasteiger partial charge in [0.15, 0.2) is 0 Å². The topological polar surface area (TPSA) is 21.7 Å². The largest absolute Gasteiger partial charge is 0.492 e. The molecule has 0 bridgehead atoms. The highest BCUT2D eigenvalue weighted by Gasteiger charge is 2.22. The number of likely N-dealkylation sites (N-methyl/N-ethyl adjacent to an activating group) is 1. The van der Waals surface area contributed by atoms with Gasteiger partial charge in [0.25, 0.3) is 0 Å². The third-order valence-corrected chi connectivity index (χ3v) is 3.48. The van der Waals surface area contributed by atoms with Crippen molar-refractivity contribution in [1.82, 2.24) is 4.90 Å². The van der Waals surface area contributed by atoms with Crippen LogP contribution >= 0.6 is 0 Å². The number of ether oxygens (including phenoxy) is 2. The molecular weight excluding hydrogens is 226 g/mol. The van der Waals surface area contributed by atoms with Crippen molar-refractivity contribution < 1.29 is 9.47 Å². The molecule has 0 radical (unpaired) electrons. The highest BCUT2D eigenvalue weighted by Crippen LogP contribution is 2.20. The van der Waals surface area contributed by atoms with Crippen molar-refractivity contribution in [2.75, 3.05) is 33.4 Å². The predicted octanol–water partition coefficient (Wildman–Crippen LogP) is 2.52. The minimum absolute atomic E-state index is 0.545. The van der Waals surface area contributed by atoms with Crippen LogP contribution in [-0.2, 0) is 4.74 Å². The molecule has 0 unspecified atom stereocenters. The summed E-state index contributed by atoms with van der Waals surface area (Å²) in [4.78, 5) is 2.30. The van der Waals surface area contributed by atoms with E-state index in [1.54, 1.807) is 0 Å².